The summed E-state index contributed by atoms with van der Waals surface area (Å²) in [4.78, 5) is 10.4. The van der Waals surface area contributed by atoms with Crippen LogP contribution in [0.5, 0.6) is 0 Å². The second-order valence-electron chi connectivity index (χ2n) is 5.12. The van der Waals surface area contributed by atoms with Crippen molar-refractivity contribution in [2.75, 3.05) is 39.5 Å². The van der Waals surface area contributed by atoms with Crippen LogP contribution in [-0.4, -0.2) is 64.5 Å². The van der Waals surface area contributed by atoms with Gasteiger partial charge in [-0.2, -0.15) is 13.2 Å². The normalized spacial score (nSPS) is 13.4. The van der Waals surface area contributed by atoms with Crippen LogP contribution >= 0.6 is 0 Å². The predicted molar refractivity (Wildman–Crippen MR) is 63.9 cm³/mol. The van der Waals surface area contributed by atoms with Crippen molar-refractivity contribution in [3.8, 4) is 0 Å². The number of alkyl halides is 3. The molecule has 1 N–H and O–H groups in total. The minimum atomic E-state index is -4.51. The van der Waals surface area contributed by atoms with E-state index in [-0.39, 0.29) is 17.6 Å². The van der Waals surface area contributed by atoms with E-state index in [0.717, 1.165) is 0 Å². The van der Waals surface area contributed by atoms with Gasteiger partial charge < -0.3 is 14.4 Å². The van der Waals surface area contributed by atoms with Crippen LogP contribution in [0.2, 0.25) is 0 Å². The Labute approximate surface area is 116 Å². The van der Waals surface area contributed by atoms with Crippen molar-refractivity contribution < 1.29 is 36.0 Å². The lowest BCUT2D eigenvalue weighted by molar-refractivity contribution is -0.884. The minimum Gasteiger partial charge on any atom is -0.544 e. The van der Waals surface area contributed by atoms with Gasteiger partial charge in [0.15, 0.2) is 0 Å². The highest BCUT2D eigenvalue weighted by atomic mass is 32.2. The Bertz CT molecular complexity index is 421. The van der Waals surface area contributed by atoms with Gasteiger partial charge in [0.25, 0.3) is 0 Å². The van der Waals surface area contributed by atoms with E-state index in [1.165, 1.54) is 0 Å². The zero-order chi connectivity index (χ0) is 16.0. The monoisotopic (exact) mass is 320 g/mol. The molecule has 0 fully saturated rings. The molecular weight excluding hydrogens is 301 g/mol. The van der Waals surface area contributed by atoms with Crippen LogP contribution < -0.4 is 9.83 Å². The SMILES string of the molecule is C[N+](C)(CCCNS(=O)(=O)CCC(F)(F)F)CC(=O)[O-]. The maximum atomic E-state index is 11.9. The molecule has 0 saturated heterocycles. The van der Waals surface area contributed by atoms with Crippen molar-refractivity contribution in [2.45, 2.75) is 19.0 Å². The molecule has 20 heavy (non-hydrogen) atoms. The molecule has 0 bridgehead atoms. The molecule has 0 aromatic carbocycles. The third kappa shape index (κ3) is 11.0. The van der Waals surface area contributed by atoms with Crippen molar-refractivity contribution in [2.24, 2.45) is 0 Å². The van der Waals surface area contributed by atoms with E-state index in [9.17, 15) is 31.5 Å². The van der Waals surface area contributed by atoms with E-state index in [1.807, 2.05) is 0 Å². The van der Waals surface area contributed by atoms with Crippen LogP contribution in [0.25, 0.3) is 0 Å². The van der Waals surface area contributed by atoms with Gasteiger partial charge >= 0.3 is 6.18 Å². The molecule has 0 aliphatic rings. The largest absolute Gasteiger partial charge is 0.544 e. The number of carbonyl (C=O) groups excluding carboxylic acids is 1. The van der Waals surface area contributed by atoms with Crippen molar-refractivity contribution >= 4 is 16.0 Å². The second-order valence-corrected chi connectivity index (χ2v) is 7.05. The molecule has 0 aromatic rings. The van der Waals surface area contributed by atoms with Gasteiger partial charge in [0.2, 0.25) is 10.0 Å². The third-order valence-corrected chi connectivity index (χ3v) is 3.86. The van der Waals surface area contributed by atoms with E-state index < -0.39 is 34.3 Å². The molecule has 0 aliphatic carbocycles. The van der Waals surface area contributed by atoms with Gasteiger partial charge in [0, 0.05) is 13.0 Å². The molecular formula is C10H19F3N2O4S. The standard InChI is InChI=1S/C10H19F3N2O4S/c1-15(2,8-9(16)17)6-3-5-14-20(18,19)7-4-10(11,12)13/h14H,3-8H2,1-2H3. The van der Waals surface area contributed by atoms with Gasteiger partial charge in [-0.3, -0.25) is 0 Å². The topological polar surface area (TPSA) is 86.3 Å². The fraction of sp³-hybridized carbons (Fsp3) is 0.900. The second kappa shape index (κ2) is 7.23. The number of carbonyl (C=O) groups is 1. The first kappa shape index (κ1) is 19.1. The number of rotatable bonds is 9. The average molecular weight is 320 g/mol. The average Bonchev–Trinajstić information content (AvgIpc) is 2.19. The Morgan fingerprint density at radius 3 is 2.30 bits per heavy atom. The summed E-state index contributed by atoms with van der Waals surface area (Å²) in [5.74, 6) is -2.23. The number of hydrogen-bond donors (Lipinski definition) is 1. The number of nitrogens with zero attached hydrogens (tertiary/aromatic N) is 1. The van der Waals surface area contributed by atoms with E-state index in [1.54, 1.807) is 14.1 Å². The molecule has 0 aromatic heterocycles. The highest BCUT2D eigenvalue weighted by Gasteiger charge is 2.29. The summed E-state index contributed by atoms with van der Waals surface area (Å²) < 4.78 is 60.4. The smallest absolute Gasteiger partial charge is 0.390 e. The molecule has 0 amide bonds. The van der Waals surface area contributed by atoms with Gasteiger partial charge in [0.05, 0.1) is 38.8 Å². The maximum Gasteiger partial charge on any atom is 0.390 e. The van der Waals surface area contributed by atoms with Crippen molar-refractivity contribution in [3.63, 3.8) is 0 Å². The van der Waals surface area contributed by atoms with Crippen LogP contribution in [0.1, 0.15) is 12.8 Å². The molecule has 0 saturated carbocycles. The van der Waals surface area contributed by atoms with Crippen LogP contribution in [0, 0.1) is 0 Å². The molecule has 120 valence electrons. The van der Waals surface area contributed by atoms with Crippen molar-refractivity contribution in [1.29, 1.82) is 0 Å². The molecule has 0 radical (unpaired) electrons. The number of hydrogen-bond acceptors (Lipinski definition) is 4. The summed E-state index contributed by atoms with van der Waals surface area (Å²) >= 11 is 0. The van der Waals surface area contributed by atoms with E-state index >= 15 is 0 Å². The van der Waals surface area contributed by atoms with Gasteiger partial charge in [-0.25, -0.2) is 13.1 Å². The minimum absolute atomic E-state index is 0.0328. The van der Waals surface area contributed by atoms with Crippen molar-refractivity contribution in [1.82, 2.24) is 4.72 Å². The Morgan fingerprint density at radius 2 is 1.85 bits per heavy atom. The number of sulfonamides is 1. The van der Waals surface area contributed by atoms with Crippen molar-refractivity contribution in [3.05, 3.63) is 0 Å². The summed E-state index contributed by atoms with van der Waals surface area (Å²) in [6.07, 6.45) is -5.60. The van der Waals surface area contributed by atoms with Gasteiger partial charge in [-0.15, -0.1) is 0 Å². The lowest BCUT2D eigenvalue weighted by Crippen LogP contribution is -2.49. The summed E-state index contributed by atoms with van der Waals surface area (Å²) in [5.41, 5.74) is 0. The maximum absolute atomic E-state index is 11.9. The Kier molecular flexibility index (Phi) is 6.91. The number of aliphatic carboxylic acids is 1. The van der Waals surface area contributed by atoms with E-state index in [4.69, 9.17) is 0 Å². The summed E-state index contributed by atoms with van der Waals surface area (Å²) in [5, 5.41) is 10.4. The van der Waals surface area contributed by atoms with Gasteiger partial charge in [-0.1, -0.05) is 0 Å². The summed E-state index contributed by atoms with van der Waals surface area (Å²) in [7, 11) is -0.695. The molecule has 0 spiro atoms. The van der Waals surface area contributed by atoms with Gasteiger partial charge in [0.1, 0.15) is 6.54 Å². The first-order chi connectivity index (χ1) is 8.83. The molecule has 10 heteroatoms. The molecule has 0 aliphatic heterocycles. The zero-order valence-electron chi connectivity index (χ0n) is 11.4. The third-order valence-electron chi connectivity index (χ3n) is 2.47. The zero-order valence-corrected chi connectivity index (χ0v) is 12.2. The van der Waals surface area contributed by atoms with E-state index in [2.05, 4.69) is 4.72 Å². The lowest BCUT2D eigenvalue weighted by atomic mass is 10.3. The van der Waals surface area contributed by atoms with Crippen LogP contribution in [0.4, 0.5) is 13.2 Å². The lowest BCUT2D eigenvalue weighted by Gasteiger charge is -2.30. The van der Waals surface area contributed by atoms with Crippen LogP contribution in [0.3, 0.4) is 0 Å². The number of carboxylic acids is 1. The number of quaternary nitrogens is 1. The first-order valence-electron chi connectivity index (χ1n) is 5.89. The van der Waals surface area contributed by atoms with Crippen LogP contribution in [0.15, 0.2) is 0 Å². The number of halogens is 3. The summed E-state index contributed by atoms with van der Waals surface area (Å²) in [6.45, 7) is 0.103. The fourth-order valence-corrected chi connectivity index (χ4v) is 2.59. The quantitative estimate of drug-likeness (QED) is 0.439. The van der Waals surface area contributed by atoms with E-state index in [0.29, 0.717) is 13.0 Å². The van der Waals surface area contributed by atoms with Gasteiger partial charge in [-0.05, 0) is 0 Å². The highest BCUT2D eigenvalue weighted by Crippen LogP contribution is 2.19. The Morgan fingerprint density at radius 1 is 1.30 bits per heavy atom. The Hall–Kier alpha value is -0.870. The fourth-order valence-electron chi connectivity index (χ4n) is 1.49. The number of carboxylic acid groups (broad SMARTS) is 1. The highest BCUT2D eigenvalue weighted by molar-refractivity contribution is 7.89. The molecule has 0 unspecified atom stereocenters. The summed E-state index contributed by atoms with van der Waals surface area (Å²) in [6, 6.07) is 0. The predicted octanol–water partition coefficient (Wildman–Crippen LogP) is -0.925. The number of nitrogens with one attached hydrogen (secondary N) is 1. The molecule has 6 nitrogen and oxygen atoms in total. The van der Waals surface area contributed by atoms with Crippen LogP contribution in [-0.2, 0) is 14.8 Å². The first-order valence-corrected chi connectivity index (χ1v) is 7.54. The molecule has 0 heterocycles. The Balaban J connectivity index is 4.03. The molecule has 0 atom stereocenters. The number of likely N-dealkylation sites (N-methyl/N-ethyl adjacent to an activating group) is 1. The molecule has 0 rings (SSSR count).